The van der Waals surface area contributed by atoms with Crippen molar-refractivity contribution in [2.75, 3.05) is 13.1 Å². The number of likely N-dealkylation sites (tertiary alicyclic amines) is 1. The van der Waals surface area contributed by atoms with Gasteiger partial charge in [-0.25, -0.2) is 0 Å². The van der Waals surface area contributed by atoms with Crippen LogP contribution in [0.15, 0.2) is 0 Å². The van der Waals surface area contributed by atoms with E-state index in [0.29, 0.717) is 19.0 Å². The van der Waals surface area contributed by atoms with Gasteiger partial charge in [0.25, 0.3) is 0 Å². The van der Waals surface area contributed by atoms with Crippen molar-refractivity contribution in [1.29, 1.82) is 0 Å². The van der Waals surface area contributed by atoms with E-state index in [1.165, 1.54) is 0 Å². The summed E-state index contributed by atoms with van der Waals surface area (Å²) in [6.45, 7) is 2.36. The van der Waals surface area contributed by atoms with Gasteiger partial charge in [0.2, 0.25) is 17.7 Å². The van der Waals surface area contributed by atoms with Crippen molar-refractivity contribution in [1.82, 2.24) is 9.80 Å². The monoisotopic (exact) mass is 253 g/mol. The Morgan fingerprint density at radius 3 is 2.61 bits per heavy atom. The van der Waals surface area contributed by atoms with Crippen molar-refractivity contribution < 1.29 is 14.4 Å². The minimum Gasteiger partial charge on any atom is -0.338 e. The van der Waals surface area contributed by atoms with Gasteiger partial charge >= 0.3 is 0 Å². The molecule has 1 aliphatic heterocycles. The smallest absolute Gasteiger partial charge is 0.246 e. The Kier molecular flexibility index (Phi) is 3.65. The van der Waals surface area contributed by atoms with Crippen LogP contribution >= 0.6 is 0 Å². The van der Waals surface area contributed by atoms with Crippen LogP contribution in [0.4, 0.5) is 0 Å². The van der Waals surface area contributed by atoms with Crippen LogP contribution in [-0.4, -0.2) is 52.7 Å². The average molecular weight is 253 g/mol. The standard InChI is InChI=1S/C12H19N3O3/c1-2-14(8-3-4-8)11(17)7-15-10(16)6-5-9(13)12(15)18/h8-9H,2-7,13H2,1H3. The van der Waals surface area contributed by atoms with Crippen molar-refractivity contribution in [3.63, 3.8) is 0 Å². The summed E-state index contributed by atoms with van der Waals surface area (Å²) in [5, 5.41) is 0. The van der Waals surface area contributed by atoms with Crippen molar-refractivity contribution in [3.8, 4) is 0 Å². The number of amides is 3. The molecule has 0 aromatic carbocycles. The fraction of sp³-hybridized carbons (Fsp3) is 0.750. The number of rotatable bonds is 4. The van der Waals surface area contributed by atoms with Crippen molar-refractivity contribution in [2.45, 2.75) is 44.7 Å². The summed E-state index contributed by atoms with van der Waals surface area (Å²) in [5.41, 5.74) is 5.62. The Morgan fingerprint density at radius 2 is 2.06 bits per heavy atom. The molecular formula is C12H19N3O3. The molecule has 6 heteroatoms. The molecule has 1 saturated heterocycles. The molecule has 18 heavy (non-hydrogen) atoms. The minimum absolute atomic E-state index is 0.157. The number of likely N-dealkylation sites (N-methyl/N-ethyl adjacent to an activating group) is 1. The van der Waals surface area contributed by atoms with Gasteiger partial charge in [0.1, 0.15) is 6.54 Å². The number of imide groups is 1. The summed E-state index contributed by atoms with van der Waals surface area (Å²) in [6.07, 6.45) is 2.65. The van der Waals surface area contributed by atoms with E-state index in [-0.39, 0.29) is 24.8 Å². The van der Waals surface area contributed by atoms with Crippen molar-refractivity contribution >= 4 is 17.7 Å². The second kappa shape index (κ2) is 5.06. The molecule has 0 aromatic rings. The van der Waals surface area contributed by atoms with E-state index in [1.807, 2.05) is 6.92 Å². The summed E-state index contributed by atoms with van der Waals surface area (Å²) in [6, 6.07) is -0.349. The normalized spacial score (nSPS) is 24.3. The Labute approximate surface area is 106 Å². The highest BCUT2D eigenvalue weighted by molar-refractivity contribution is 6.03. The first-order valence-electron chi connectivity index (χ1n) is 6.43. The van der Waals surface area contributed by atoms with Gasteiger partial charge in [-0.1, -0.05) is 0 Å². The molecule has 2 aliphatic rings. The largest absolute Gasteiger partial charge is 0.338 e. The molecule has 1 aliphatic carbocycles. The Hall–Kier alpha value is -1.43. The summed E-state index contributed by atoms with van der Waals surface area (Å²) in [7, 11) is 0. The lowest BCUT2D eigenvalue weighted by atomic mass is 10.1. The topological polar surface area (TPSA) is 83.7 Å². The molecule has 1 heterocycles. The highest BCUT2D eigenvalue weighted by atomic mass is 16.2. The van der Waals surface area contributed by atoms with Gasteiger partial charge < -0.3 is 10.6 Å². The second-order valence-electron chi connectivity index (χ2n) is 4.87. The molecule has 2 N–H and O–H groups in total. The number of piperidine rings is 1. The van der Waals surface area contributed by atoms with E-state index in [4.69, 9.17) is 5.73 Å². The van der Waals surface area contributed by atoms with Gasteiger partial charge in [-0.15, -0.1) is 0 Å². The first-order chi connectivity index (χ1) is 8.54. The molecule has 2 fully saturated rings. The van der Waals surface area contributed by atoms with E-state index in [9.17, 15) is 14.4 Å². The lowest BCUT2D eigenvalue weighted by molar-refractivity contribution is -0.153. The third-order valence-electron chi connectivity index (χ3n) is 3.50. The van der Waals surface area contributed by atoms with Crippen LogP contribution in [0.5, 0.6) is 0 Å². The molecule has 0 bridgehead atoms. The van der Waals surface area contributed by atoms with Crippen LogP contribution in [-0.2, 0) is 14.4 Å². The minimum atomic E-state index is -0.647. The Balaban J connectivity index is 2.00. The average Bonchev–Trinajstić information content (AvgIpc) is 3.15. The molecule has 0 radical (unpaired) electrons. The number of nitrogens with zero attached hydrogens (tertiary/aromatic N) is 2. The molecule has 1 saturated carbocycles. The zero-order chi connectivity index (χ0) is 13.3. The number of nitrogens with two attached hydrogens (primary N) is 1. The predicted octanol–water partition coefficient (Wildman–Crippen LogP) is -0.526. The number of hydrogen-bond donors (Lipinski definition) is 1. The summed E-state index contributed by atoms with van der Waals surface area (Å²) in [4.78, 5) is 38.3. The molecule has 100 valence electrons. The van der Waals surface area contributed by atoms with Crippen molar-refractivity contribution in [2.24, 2.45) is 5.73 Å². The molecule has 6 nitrogen and oxygen atoms in total. The van der Waals surface area contributed by atoms with E-state index < -0.39 is 11.9 Å². The third-order valence-corrected chi connectivity index (χ3v) is 3.50. The van der Waals surface area contributed by atoms with Crippen molar-refractivity contribution in [3.05, 3.63) is 0 Å². The molecule has 1 unspecified atom stereocenters. The quantitative estimate of drug-likeness (QED) is 0.683. The van der Waals surface area contributed by atoms with Gasteiger partial charge in [0.05, 0.1) is 6.04 Å². The van der Waals surface area contributed by atoms with Crippen LogP contribution < -0.4 is 5.73 Å². The predicted molar refractivity (Wildman–Crippen MR) is 64.3 cm³/mol. The molecule has 0 aromatic heterocycles. The third kappa shape index (κ3) is 2.53. The Bertz CT molecular complexity index is 379. The SMILES string of the molecule is CCN(C(=O)CN1C(=O)CCC(N)C1=O)C1CC1. The zero-order valence-corrected chi connectivity index (χ0v) is 10.6. The highest BCUT2D eigenvalue weighted by Crippen LogP contribution is 2.26. The van der Waals surface area contributed by atoms with Crippen LogP contribution in [0.2, 0.25) is 0 Å². The van der Waals surface area contributed by atoms with Gasteiger partial charge in [-0.3, -0.25) is 19.3 Å². The first-order valence-corrected chi connectivity index (χ1v) is 6.43. The van der Waals surface area contributed by atoms with Gasteiger partial charge in [-0.05, 0) is 26.2 Å². The fourth-order valence-corrected chi connectivity index (χ4v) is 2.28. The molecule has 1 atom stereocenters. The van der Waals surface area contributed by atoms with Gasteiger partial charge in [0, 0.05) is 19.0 Å². The van der Waals surface area contributed by atoms with E-state index in [0.717, 1.165) is 17.7 Å². The van der Waals surface area contributed by atoms with Gasteiger partial charge in [0.15, 0.2) is 0 Å². The number of carbonyl (C=O) groups is 3. The lowest BCUT2D eigenvalue weighted by Gasteiger charge is -2.30. The van der Waals surface area contributed by atoms with E-state index in [2.05, 4.69) is 0 Å². The maximum Gasteiger partial charge on any atom is 0.246 e. The van der Waals surface area contributed by atoms with Crippen LogP contribution in [0.1, 0.15) is 32.6 Å². The van der Waals surface area contributed by atoms with E-state index in [1.54, 1.807) is 4.90 Å². The summed E-state index contributed by atoms with van der Waals surface area (Å²) < 4.78 is 0. The maximum atomic E-state index is 12.1. The summed E-state index contributed by atoms with van der Waals surface area (Å²) in [5.74, 6) is -0.871. The maximum absolute atomic E-state index is 12.1. The first kappa shape index (κ1) is 13.0. The van der Waals surface area contributed by atoms with Crippen LogP contribution in [0.25, 0.3) is 0 Å². The second-order valence-corrected chi connectivity index (χ2v) is 4.87. The lowest BCUT2D eigenvalue weighted by Crippen LogP contribution is -2.54. The van der Waals surface area contributed by atoms with E-state index >= 15 is 0 Å². The fourth-order valence-electron chi connectivity index (χ4n) is 2.28. The highest BCUT2D eigenvalue weighted by Gasteiger charge is 2.37. The molecule has 0 spiro atoms. The van der Waals surface area contributed by atoms with Gasteiger partial charge in [-0.2, -0.15) is 0 Å². The number of hydrogen-bond acceptors (Lipinski definition) is 4. The number of carbonyl (C=O) groups excluding carboxylic acids is 3. The van der Waals surface area contributed by atoms with Crippen LogP contribution in [0.3, 0.4) is 0 Å². The zero-order valence-electron chi connectivity index (χ0n) is 10.6. The Morgan fingerprint density at radius 1 is 1.39 bits per heavy atom. The summed E-state index contributed by atoms with van der Waals surface area (Å²) >= 11 is 0. The van der Waals surface area contributed by atoms with Crippen LogP contribution in [0, 0.1) is 0 Å². The molecular weight excluding hydrogens is 234 g/mol. The molecule has 2 rings (SSSR count). The molecule has 3 amide bonds.